The highest BCUT2D eigenvalue weighted by Gasteiger charge is 2.25. The van der Waals surface area contributed by atoms with Crippen LogP contribution in [0.5, 0.6) is 11.5 Å². The minimum Gasteiger partial charge on any atom is -0.507 e. The Morgan fingerprint density at radius 1 is 1.17 bits per heavy atom. The van der Waals surface area contributed by atoms with E-state index >= 15 is 0 Å². The number of unbranched alkanes of at least 4 members (excludes halogenated alkanes) is 1. The zero-order valence-corrected chi connectivity index (χ0v) is 22.2. The fourth-order valence-electron chi connectivity index (χ4n) is 4.19. The van der Waals surface area contributed by atoms with Crippen LogP contribution in [0.15, 0.2) is 23.8 Å². The lowest BCUT2D eigenvalue weighted by Crippen LogP contribution is -2.17. The third kappa shape index (κ3) is 8.30. The Labute approximate surface area is 213 Å². The van der Waals surface area contributed by atoms with E-state index in [9.17, 15) is 24.7 Å². The molecule has 200 valence electrons. The first kappa shape index (κ1) is 29.8. The molecule has 0 bridgehead atoms. The maximum atomic E-state index is 11.8. The SMILES string of the molecule is COc1c(C)c2c(c(O)c1C/C=C(\C)CC(CCC/C=C/CP(O)O[C@@H](C)C(=O)O)C(=O)O)COC2. The number of methoxy groups -OCH3 is 1. The van der Waals surface area contributed by atoms with E-state index in [4.69, 9.17) is 19.1 Å². The van der Waals surface area contributed by atoms with Crippen molar-refractivity contribution in [2.75, 3.05) is 13.3 Å². The van der Waals surface area contributed by atoms with Gasteiger partial charge in [0.2, 0.25) is 0 Å². The van der Waals surface area contributed by atoms with E-state index in [1.165, 1.54) is 6.92 Å². The van der Waals surface area contributed by atoms with Crippen LogP contribution in [-0.4, -0.2) is 51.5 Å². The van der Waals surface area contributed by atoms with Crippen LogP contribution < -0.4 is 4.74 Å². The lowest BCUT2D eigenvalue weighted by molar-refractivity contribution is -0.144. The molecule has 0 amide bonds. The highest BCUT2D eigenvalue weighted by molar-refractivity contribution is 7.46. The van der Waals surface area contributed by atoms with Gasteiger partial charge in [0.25, 0.3) is 0 Å². The third-order valence-electron chi connectivity index (χ3n) is 6.25. The van der Waals surface area contributed by atoms with Crippen molar-refractivity contribution in [3.8, 4) is 11.5 Å². The Bertz CT molecular complexity index is 986. The average molecular weight is 525 g/mol. The minimum atomic E-state index is -1.84. The van der Waals surface area contributed by atoms with Gasteiger partial charge in [-0.1, -0.05) is 23.8 Å². The zero-order chi connectivity index (χ0) is 26.8. The molecule has 4 N–H and O–H groups in total. The Hall–Kier alpha value is -2.45. The topological polar surface area (TPSA) is 143 Å². The van der Waals surface area contributed by atoms with Gasteiger partial charge >= 0.3 is 11.9 Å². The molecule has 2 rings (SSSR count). The van der Waals surface area contributed by atoms with Gasteiger partial charge in [-0.25, -0.2) is 4.79 Å². The molecule has 0 saturated heterocycles. The van der Waals surface area contributed by atoms with E-state index in [1.807, 2.05) is 26.0 Å². The molecule has 2 unspecified atom stereocenters. The number of phenolic OH excluding ortho intramolecular Hbond substituents is 1. The lowest BCUT2D eigenvalue weighted by atomic mass is 9.92. The summed E-state index contributed by atoms with van der Waals surface area (Å²) >= 11 is 0. The number of aliphatic carboxylic acids is 2. The van der Waals surface area contributed by atoms with Gasteiger partial charge in [0.05, 0.1) is 26.2 Å². The van der Waals surface area contributed by atoms with Crippen molar-refractivity contribution in [3.05, 3.63) is 46.1 Å². The Morgan fingerprint density at radius 2 is 1.86 bits per heavy atom. The van der Waals surface area contributed by atoms with Crippen molar-refractivity contribution in [2.24, 2.45) is 5.92 Å². The van der Waals surface area contributed by atoms with Crippen LogP contribution in [0.25, 0.3) is 0 Å². The number of ether oxygens (including phenoxy) is 2. The van der Waals surface area contributed by atoms with Crippen LogP contribution in [0.1, 0.15) is 61.8 Å². The first-order valence-electron chi connectivity index (χ1n) is 11.9. The highest BCUT2D eigenvalue weighted by atomic mass is 31.2. The van der Waals surface area contributed by atoms with Crippen LogP contribution >= 0.6 is 8.38 Å². The smallest absolute Gasteiger partial charge is 0.332 e. The number of hydrogen-bond acceptors (Lipinski definition) is 7. The van der Waals surface area contributed by atoms with Crippen LogP contribution in [0.3, 0.4) is 0 Å². The Kier molecular flexibility index (Phi) is 11.9. The standard InChI is InChI=1S/C26H37O9P/c1-16(10-11-20-23(27)22-15-34-14-21(22)17(2)24(20)33-4)13-19(26(30)31)9-7-5-6-8-12-36(32)35-18(3)25(28)29/h6,8,10,18-19,27,32H,5,7,9,11-15H2,1-4H3,(H,28,29)(H,30,31)/b8-6+,16-10+/t18-,19?,36?/m0/s1. The summed E-state index contributed by atoms with van der Waals surface area (Å²) in [5.41, 5.74) is 4.32. The van der Waals surface area contributed by atoms with Gasteiger partial charge in [0.1, 0.15) is 11.5 Å². The number of benzene rings is 1. The third-order valence-corrected chi connectivity index (χ3v) is 7.33. The van der Waals surface area contributed by atoms with E-state index in [0.29, 0.717) is 56.6 Å². The molecule has 0 fully saturated rings. The second kappa shape index (κ2) is 14.3. The maximum absolute atomic E-state index is 11.8. The quantitative estimate of drug-likeness (QED) is 0.144. The fourth-order valence-corrected chi connectivity index (χ4v) is 5.06. The summed E-state index contributed by atoms with van der Waals surface area (Å²) < 4.78 is 16.1. The lowest BCUT2D eigenvalue weighted by Gasteiger charge is -2.17. The molecule has 10 heteroatoms. The van der Waals surface area contributed by atoms with Gasteiger partial charge < -0.3 is 34.2 Å². The van der Waals surface area contributed by atoms with Crippen molar-refractivity contribution in [2.45, 2.75) is 72.2 Å². The molecule has 0 aliphatic carbocycles. The van der Waals surface area contributed by atoms with Crippen LogP contribution in [-0.2, 0) is 38.5 Å². The van der Waals surface area contributed by atoms with Gasteiger partial charge in [0, 0.05) is 17.3 Å². The molecule has 0 radical (unpaired) electrons. The van der Waals surface area contributed by atoms with Crippen LogP contribution in [0, 0.1) is 12.8 Å². The number of carbonyl (C=O) groups is 2. The molecule has 0 saturated carbocycles. The summed E-state index contributed by atoms with van der Waals surface area (Å²) in [5, 5.41) is 29.2. The molecule has 1 aliphatic rings. The number of carboxylic acid groups (broad SMARTS) is 2. The molecule has 1 aliphatic heterocycles. The number of fused-ring (bicyclic) bond motifs is 1. The van der Waals surface area contributed by atoms with Gasteiger partial charge in [-0.2, -0.15) is 0 Å². The molecule has 1 aromatic rings. The van der Waals surface area contributed by atoms with E-state index in [0.717, 1.165) is 22.3 Å². The monoisotopic (exact) mass is 524 g/mol. The fraction of sp³-hybridized carbons (Fsp3) is 0.538. The van der Waals surface area contributed by atoms with Crippen molar-refractivity contribution < 1.29 is 43.8 Å². The zero-order valence-electron chi connectivity index (χ0n) is 21.3. The molecular formula is C26H37O9P. The summed E-state index contributed by atoms with van der Waals surface area (Å²) in [5.74, 6) is -1.69. The maximum Gasteiger partial charge on any atom is 0.332 e. The number of carboxylic acids is 2. The largest absolute Gasteiger partial charge is 0.507 e. The summed E-state index contributed by atoms with van der Waals surface area (Å²) in [6, 6.07) is 0. The van der Waals surface area contributed by atoms with Crippen molar-refractivity contribution in [1.82, 2.24) is 0 Å². The summed E-state index contributed by atoms with van der Waals surface area (Å²) in [4.78, 5) is 32.3. The highest BCUT2D eigenvalue weighted by Crippen LogP contribution is 2.42. The molecule has 0 spiro atoms. The van der Waals surface area contributed by atoms with Crippen molar-refractivity contribution in [1.29, 1.82) is 0 Å². The first-order chi connectivity index (χ1) is 17.1. The normalized spacial score (nSPS) is 16.1. The summed E-state index contributed by atoms with van der Waals surface area (Å²) in [6.45, 7) is 6.03. The van der Waals surface area contributed by atoms with E-state index < -0.39 is 32.3 Å². The summed E-state index contributed by atoms with van der Waals surface area (Å²) in [6.07, 6.45) is 7.30. The van der Waals surface area contributed by atoms with E-state index in [-0.39, 0.29) is 11.9 Å². The second-order valence-electron chi connectivity index (χ2n) is 8.95. The second-order valence-corrected chi connectivity index (χ2v) is 10.2. The summed E-state index contributed by atoms with van der Waals surface area (Å²) in [7, 11) is -0.271. The molecule has 0 aromatic heterocycles. The number of phenols is 1. The van der Waals surface area contributed by atoms with Gasteiger partial charge in [-0.05, 0) is 64.0 Å². The predicted octanol–water partition coefficient (Wildman–Crippen LogP) is 4.84. The van der Waals surface area contributed by atoms with Crippen molar-refractivity contribution >= 4 is 20.3 Å². The molecule has 1 aromatic carbocycles. The Balaban J connectivity index is 1.89. The Morgan fingerprint density at radius 3 is 2.50 bits per heavy atom. The van der Waals surface area contributed by atoms with E-state index in [1.54, 1.807) is 13.2 Å². The van der Waals surface area contributed by atoms with Crippen LogP contribution in [0.4, 0.5) is 0 Å². The van der Waals surface area contributed by atoms with Crippen LogP contribution in [0.2, 0.25) is 0 Å². The molecule has 1 heterocycles. The van der Waals surface area contributed by atoms with Gasteiger partial charge in [-0.15, -0.1) is 0 Å². The van der Waals surface area contributed by atoms with Gasteiger partial charge in [-0.3, -0.25) is 4.79 Å². The number of hydrogen-bond donors (Lipinski definition) is 4. The molecule has 3 atom stereocenters. The number of rotatable bonds is 15. The number of allylic oxidation sites excluding steroid dienone is 4. The predicted molar refractivity (Wildman–Crippen MR) is 136 cm³/mol. The van der Waals surface area contributed by atoms with Crippen molar-refractivity contribution in [3.63, 3.8) is 0 Å². The molecular weight excluding hydrogens is 487 g/mol. The average Bonchev–Trinajstić information content (AvgIpc) is 3.32. The molecule has 9 nitrogen and oxygen atoms in total. The van der Waals surface area contributed by atoms with E-state index in [2.05, 4.69) is 0 Å². The molecule has 36 heavy (non-hydrogen) atoms. The first-order valence-corrected chi connectivity index (χ1v) is 13.3. The minimum absolute atomic E-state index is 0.185. The van der Waals surface area contributed by atoms with Gasteiger partial charge in [0.15, 0.2) is 14.5 Å². The number of aromatic hydroxyl groups is 1.